The molecular weight excluding hydrogens is 422 g/mol. The molecule has 0 bridgehead atoms. The first kappa shape index (κ1) is 22.6. The van der Waals surface area contributed by atoms with Crippen LogP contribution in [0, 0.1) is 5.41 Å². The zero-order chi connectivity index (χ0) is 21.8. The van der Waals surface area contributed by atoms with E-state index in [2.05, 4.69) is 52.6 Å². The van der Waals surface area contributed by atoms with Crippen LogP contribution in [0.25, 0.3) is 11.0 Å². The summed E-state index contributed by atoms with van der Waals surface area (Å²) in [5.41, 5.74) is 2.60. The summed E-state index contributed by atoms with van der Waals surface area (Å²) in [6.07, 6.45) is 5.85. The largest absolute Gasteiger partial charge is 0.368 e. The summed E-state index contributed by atoms with van der Waals surface area (Å²) in [6.45, 7) is 8.23. The Morgan fingerprint density at radius 1 is 0.906 bits per heavy atom. The van der Waals surface area contributed by atoms with E-state index in [0.717, 1.165) is 43.3 Å². The van der Waals surface area contributed by atoms with Crippen LogP contribution in [0.2, 0.25) is 0 Å². The maximum Gasteiger partial charge on any atom is 0.175 e. The van der Waals surface area contributed by atoms with Crippen molar-refractivity contribution in [3.05, 3.63) is 48.7 Å². The van der Waals surface area contributed by atoms with Gasteiger partial charge in [0.05, 0.1) is 4.90 Å². The van der Waals surface area contributed by atoms with E-state index in [1.54, 1.807) is 12.1 Å². The lowest BCUT2D eigenvalue weighted by Crippen LogP contribution is -2.46. The van der Waals surface area contributed by atoms with E-state index in [1.165, 1.54) is 24.5 Å². The molecule has 0 atom stereocenters. The van der Waals surface area contributed by atoms with Crippen LogP contribution in [0.5, 0.6) is 0 Å². The molecule has 1 aliphatic carbocycles. The third-order valence-corrected chi connectivity index (χ3v) is 7.88. The molecule has 0 unspecified atom stereocenters. The Balaban J connectivity index is 0.00000245. The first-order valence-corrected chi connectivity index (χ1v) is 12.9. The highest BCUT2D eigenvalue weighted by atomic mass is 32.2. The Morgan fingerprint density at radius 2 is 1.53 bits per heavy atom. The summed E-state index contributed by atoms with van der Waals surface area (Å²) in [6, 6.07) is 14.3. The van der Waals surface area contributed by atoms with E-state index in [1.807, 2.05) is 12.1 Å². The Kier molecular flexibility index (Phi) is 5.71. The van der Waals surface area contributed by atoms with Crippen molar-refractivity contribution in [1.82, 2.24) is 15.7 Å². The third kappa shape index (κ3) is 4.21. The van der Waals surface area contributed by atoms with Gasteiger partial charge in [-0.1, -0.05) is 13.8 Å². The summed E-state index contributed by atoms with van der Waals surface area (Å²) in [5, 5.41) is 1.21. The van der Waals surface area contributed by atoms with Gasteiger partial charge in [0.25, 0.3) is 0 Å². The number of rotatable bonds is 4. The lowest BCUT2D eigenvalue weighted by atomic mass is 9.68. The zero-order valence-electron chi connectivity index (χ0n) is 19.2. The van der Waals surface area contributed by atoms with Crippen molar-refractivity contribution in [1.29, 1.82) is 0 Å². The van der Waals surface area contributed by atoms with Crippen molar-refractivity contribution in [2.45, 2.75) is 37.6 Å². The molecule has 2 fully saturated rings. The molecule has 2 aliphatic rings. The smallest absolute Gasteiger partial charge is 0.175 e. The molecule has 8 heteroatoms. The highest BCUT2D eigenvalue weighted by Crippen LogP contribution is 2.48. The molecule has 2 aromatic heterocycles. The van der Waals surface area contributed by atoms with Crippen LogP contribution in [0.1, 0.15) is 32.7 Å². The minimum absolute atomic E-state index is 0. The van der Waals surface area contributed by atoms with Crippen LogP contribution in [0.15, 0.2) is 53.6 Å². The Bertz CT molecular complexity index is 1200. The van der Waals surface area contributed by atoms with E-state index < -0.39 is 9.84 Å². The van der Waals surface area contributed by atoms with Crippen molar-refractivity contribution >= 4 is 32.4 Å². The van der Waals surface area contributed by atoms with Crippen LogP contribution in [-0.2, 0) is 9.84 Å². The van der Waals surface area contributed by atoms with Crippen LogP contribution in [0.4, 0.5) is 11.5 Å². The average Bonchev–Trinajstić information content (AvgIpc) is 3.14. The Hall–Kier alpha value is -2.58. The van der Waals surface area contributed by atoms with Gasteiger partial charge in [-0.2, -0.15) is 0 Å². The Labute approximate surface area is 190 Å². The molecule has 3 aromatic rings. The molecule has 0 amide bonds. The number of aromatic nitrogens is 2. The molecule has 1 aromatic carbocycles. The number of anilines is 2. The van der Waals surface area contributed by atoms with Crippen LogP contribution in [-0.4, -0.2) is 50.4 Å². The van der Waals surface area contributed by atoms with Gasteiger partial charge in [-0.05, 0) is 60.7 Å². The number of fused-ring (bicyclic) bond motifs is 1. The van der Waals surface area contributed by atoms with Crippen molar-refractivity contribution in [3.63, 3.8) is 0 Å². The molecule has 1 saturated carbocycles. The molecule has 172 valence electrons. The predicted molar refractivity (Wildman–Crippen MR) is 131 cm³/mol. The van der Waals surface area contributed by atoms with E-state index >= 15 is 0 Å². The number of benzene rings is 1. The van der Waals surface area contributed by atoms with E-state index in [4.69, 9.17) is 4.98 Å². The molecular formula is C24H33N5O2S. The highest BCUT2D eigenvalue weighted by molar-refractivity contribution is 7.90. The number of sulfone groups is 1. The third-order valence-electron chi connectivity index (χ3n) is 6.75. The number of nitrogens with zero attached hydrogens (tertiary/aromatic N) is 4. The number of hydrogen-bond acceptors (Lipinski definition) is 6. The van der Waals surface area contributed by atoms with Crippen molar-refractivity contribution in [2.75, 3.05) is 42.2 Å². The SMILES string of the molecule is CC1(C)CC(n2ccc3ccc(N4CCN(c5ccc(S(C)(=O)=O)cc5)CC4)nc32)C1.N. The normalized spacial score (nSPS) is 19.0. The lowest BCUT2D eigenvalue weighted by Gasteiger charge is -2.43. The van der Waals surface area contributed by atoms with Gasteiger partial charge in [-0.3, -0.25) is 0 Å². The summed E-state index contributed by atoms with van der Waals surface area (Å²) in [5.74, 6) is 1.04. The molecule has 0 spiro atoms. The summed E-state index contributed by atoms with van der Waals surface area (Å²) >= 11 is 0. The first-order valence-electron chi connectivity index (χ1n) is 11.0. The first-order chi connectivity index (χ1) is 14.7. The second-order valence-electron chi connectivity index (χ2n) is 9.77. The van der Waals surface area contributed by atoms with Crippen LogP contribution >= 0.6 is 0 Å². The van der Waals surface area contributed by atoms with Crippen LogP contribution < -0.4 is 16.0 Å². The fourth-order valence-electron chi connectivity index (χ4n) is 5.00. The molecule has 32 heavy (non-hydrogen) atoms. The summed E-state index contributed by atoms with van der Waals surface area (Å²) in [4.78, 5) is 10.1. The molecule has 1 aliphatic heterocycles. The summed E-state index contributed by atoms with van der Waals surface area (Å²) in [7, 11) is -3.16. The van der Waals surface area contributed by atoms with E-state index in [-0.39, 0.29) is 6.15 Å². The number of pyridine rings is 1. The maximum absolute atomic E-state index is 11.7. The minimum Gasteiger partial charge on any atom is -0.368 e. The van der Waals surface area contributed by atoms with Gasteiger partial charge in [0.2, 0.25) is 0 Å². The molecule has 1 saturated heterocycles. The van der Waals surface area contributed by atoms with Crippen molar-refractivity contribution < 1.29 is 8.42 Å². The monoisotopic (exact) mass is 455 g/mol. The van der Waals surface area contributed by atoms with Crippen LogP contribution in [0.3, 0.4) is 0 Å². The van der Waals surface area contributed by atoms with Gasteiger partial charge >= 0.3 is 0 Å². The lowest BCUT2D eigenvalue weighted by molar-refractivity contribution is 0.107. The molecule has 0 radical (unpaired) electrons. The second-order valence-corrected chi connectivity index (χ2v) is 11.8. The van der Waals surface area contributed by atoms with Gasteiger partial charge in [0, 0.05) is 55.7 Å². The zero-order valence-corrected chi connectivity index (χ0v) is 20.0. The predicted octanol–water partition coefficient (Wildman–Crippen LogP) is 4.29. The fourth-order valence-corrected chi connectivity index (χ4v) is 5.63. The molecule has 3 heterocycles. The molecule has 3 N–H and O–H groups in total. The van der Waals surface area contributed by atoms with Crippen molar-refractivity contribution in [2.24, 2.45) is 5.41 Å². The quantitative estimate of drug-likeness (QED) is 0.631. The number of piperazine rings is 1. The van der Waals surface area contributed by atoms with Gasteiger partial charge in [-0.15, -0.1) is 0 Å². The average molecular weight is 456 g/mol. The van der Waals surface area contributed by atoms with Gasteiger partial charge in [-0.25, -0.2) is 13.4 Å². The topological polar surface area (TPSA) is 93.4 Å². The van der Waals surface area contributed by atoms with Gasteiger partial charge in [0.15, 0.2) is 9.84 Å². The molecule has 5 rings (SSSR count). The van der Waals surface area contributed by atoms with E-state index in [0.29, 0.717) is 16.4 Å². The molecule has 7 nitrogen and oxygen atoms in total. The highest BCUT2D eigenvalue weighted by Gasteiger charge is 2.37. The van der Waals surface area contributed by atoms with Gasteiger partial charge in [0.1, 0.15) is 11.5 Å². The second kappa shape index (κ2) is 8.08. The number of hydrogen-bond donors (Lipinski definition) is 1. The maximum atomic E-state index is 11.7. The van der Waals surface area contributed by atoms with E-state index in [9.17, 15) is 8.42 Å². The minimum atomic E-state index is -3.16. The standard InChI is InChI=1S/C24H30N4O2S.H3N/c1-24(2)16-20(17-24)28-11-10-18-4-9-22(25-23(18)28)27-14-12-26(13-15-27)19-5-7-21(8-6-19)31(3,29)30;/h4-11,20H,12-17H2,1-3H3;1H3. The van der Waals surface area contributed by atoms with Gasteiger partial charge < -0.3 is 20.5 Å². The Morgan fingerprint density at radius 3 is 2.12 bits per heavy atom. The fraction of sp³-hybridized carbons (Fsp3) is 0.458. The van der Waals surface area contributed by atoms with Crippen molar-refractivity contribution in [3.8, 4) is 0 Å². The summed E-state index contributed by atoms with van der Waals surface area (Å²) < 4.78 is 25.7.